The summed E-state index contributed by atoms with van der Waals surface area (Å²) in [7, 11) is 3.21. The van der Waals surface area contributed by atoms with E-state index in [1.807, 2.05) is 36.4 Å². The molecular formula is C27H31Cl2NO6. The molecule has 0 aromatic heterocycles. The van der Waals surface area contributed by atoms with Crippen LogP contribution >= 0.6 is 23.2 Å². The van der Waals surface area contributed by atoms with Crippen LogP contribution in [-0.2, 0) is 27.4 Å². The van der Waals surface area contributed by atoms with Crippen molar-refractivity contribution >= 4 is 35.1 Å². The lowest BCUT2D eigenvalue weighted by Gasteiger charge is -2.18. The van der Waals surface area contributed by atoms with Gasteiger partial charge in [0.1, 0.15) is 22.0 Å². The zero-order chi connectivity index (χ0) is 26.2. The molecule has 1 fully saturated rings. The number of carboxylic acid groups (broad SMARTS) is 1. The van der Waals surface area contributed by atoms with Crippen molar-refractivity contribution in [2.24, 2.45) is 5.92 Å². The molecule has 1 atom stereocenters. The van der Waals surface area contributed by atoms with Gasteiger partial charge in [0, 0.05) is 18.6 Å². The van der Waals surface area contributed by atoms with Crippen molar-refractivity contribution in [1.29, 1.82) is 0 Å². The number of halogens is 2. The molecule has 1 aliphatic rings. The molecule has 1 amide bonds. The van der Waals surface area contributed by atoms with Crippen molar-refractivity contribution in [2.45, 2.75) is 45.3 Å². The van der Waals surface area contributed by atoms with Gasteiger partial charge < -0.3 is 24.6 Å². The maximum Gasteiger partial charge on any atom is 0.326 e. The monoisotopic (exact) mass is 535 g/mol. The molecule has 7 nitrogen and oxygen atoms in total. The molecule has 194 valence electrons. The molecule has 0 bridgehead atoms. The number of hydrogen-bond donors (Lipinski definition) is 2. The van der Waals surface area contributed by atoms with E-state index in [1.165, 1.54) is 12.8 Å². The lowest BCUT2D eigenvalue weighted by Crippen LogP contribution is -2.43. The van der Waals surface area contributed by atoms with Crippen LogP contribution in [0.1, 0.15) is 37.3 Å². The van der Waals surface area contributed by atoms with Crippen LogP contribution in [0.15, 0.2) is 46.5 Å². The highest BCUT2D eigenvalue weighted by molar-refractivity contribution is 6.57. The average Bonchev–Trinajstić information content (AvgIpc) is 3.68. The lowest BCUT2D eigenvalue weighted by atomic mass is 9.98. The molecule has 2 aromatic rings. The number of benzene rings is 2. The van der Waals surface area contributed by atoms with Gasteiger partial charge in [-0.3, -0.25) is 4.79 Å². The summed E-state index contributed by atoms with van der Waals surface area (Å²) in [6.07, 6.45) is 2.84. The predicted molar refractivity (Wildman–Crippen MR) is 140 cm³/mol. The highest BCUT2D eigenvalue weighted by Crippen LogP contribution is 2.40. The third kappa shape index (κ3) is 7.38. The van der Waals surface area contributed by atoms with Crippen molar-refractivity contribution in [2.75, 3.05) is 20.8 Å². The zero-order valence-electron chi connectivity index (χ0n) is 20.6. The van der Waals surface area contributed by atoms with Gasteiger partial charge in [0.2, 0.25) is 5.91 Å². The molecule has 0 aliphatic heterocycles. The molecule has 0 saturated heterocycles. The van der Waals surface area contributed by atoms with Crippen LogP contribution in [-0.4, -0.2) is 43.9 Å². The number of ether oxygens (including phenoxy) is 3. The number of carbonyl (C=O) groups is 2. The Morgan fingerprint density at radius 2 is 1.67 bits per heavy atom. The first kappa shape index (κ1) is 27.8. The number of carboxylic acids is 1. The number of methoxy groups -OCH3 is 2. The third-order valence-corrected chi connectivity index (χ3v) is 6.48. The molecule has 0 heterocycles. The van der Waals surface area contributed by atoms with Gasteiger partial charge in [0.15, 0.2) is 0 Å². The second-order valence-corrected chi connectivity index (χ2v) is 9.64. The highest BCUT2D eigenvalue weighted by atomic mass is 35.5. The Kier molecular flexibility index (Phi) is 10.0. The van der Waals surface area contributed by atoms with Crippen molar-refractivity contribution in [1.82, 2.24) is 5.32 Å². The maximum atomic E-state index is 12.4. The molecule has 2 aromatic carbocycles. The number of hydrogen-bond acceptors (Lipinski definition) is 5. The van der Waals surface area contributed by atoms with Crippen LogP contribution in [0.5, 0.6) is 11.5 Å². The maximum absolute atomic E-state index is 12.4. The van der Waals surface area contributed by atoms with Crippen LogP contribution in [0, 0.1) is 5.92 Å². The SMILES string of the molecule is CCC(C(=O)N[C@@H](Cc1ccc(-c2c(OC)cc(COCC3CC3)cc2OC)cc1)C(=O)O)=C(Cl)Cl. The molecule has 9 heteroatoms. The highest BCUT2D eigenvalue weighted by Gasteiger charge is 2.24. The van der Waals surface area contributed by atoms with Crippen LogP contribution in [0.25, 0.3) is 11.1 Å². The Labute approximate surface area is 221 Å². The van der Waals surface area contributed by atoms with Gasteiger partial charge in [0.25, 0.3) is 0 Å². The van der Waals surface area contributed by atoms with Gasteiger partial charge in [0.05, 0.1) is 26.4 Å². The number of amides is 1. The summed E-state index contributed by atoms with van der Waals surface area (Å²) in [4.78, 5) is 24.2. The fraction of sp³-hybridized carbons (Fsp3) is 0.407. The molecule has 1 aliphatic carbocycles. The first-order chi connectivity index (χ1) is 17.3. The van der Waals surface area contributed by atoms with Gasteiger partial charge in [-0.1, -0.05) is 54.4 Å². The molecule has 0 radical (unpaired) electrons. The van der Waals surface area contributed by atoms with E-state index in [1.54, 1.807) is 21.1 Å². The molecule has 0 unspecified atom stereocenters. The summed E-state index contributed by atoms with van der Waals surface area (Å²) >= 11 is 11.5. The van der Waals surface area contributed by atoms with E-state index in [9.17, 15) is 14.7 Å². The third-order valence-electron chi connectivity index (χ3n) is 6.03. The second-order valence-electron chi connectivity index (χ2n) is 8.69. The predicted octanol–water partition coefficient (Wildman–Crippen LogP) is 5.51. The Balaban J connectivity index is 1.77. The molecule has 3 rings (SSSR count). The van der Waals surface area contributed by atoms with E-state index in [0.717, 1.165) is 28.9 Å². The van der Waals surface area contributed by atoms with Gasteiger partial charge in [-0.05, 0) is 54.0 Å². The average molecular weight is 536 g/mol. The first-order valence-electron chi connectivity index (χ1n) is 11.8. The Morgan fingerprint density at radius 1 is 1.06 bits per heavy atom. The molecule has 0 spiro atoms. The second kappa shape index (κ2) is 13.0. The zero-order valence-corrected chi connectivity index (χ0v) is 22.1. The Morgan fingerprint density at radius 3 is 2.14 bits per heavy atom. The summed E-state index contributed by atoms with van der Waals surface area (Å²) in [6, 6.07) is 10.1. The fourth-order valence-electron chi connectivity index (χ4n) is 3.83. The summed E-state index contributed by atoms with van der Waals surface area (Å²) in [5.74, 6) is 0.233. The van der Waals surface area contributed by atoms with Crippen LogP contribution < -0.4 is 14.8 Å². The van der Waals surface area contributed by atoms with E-state index in [0.29, 0.717) is 24.0 Å². The van der Waals surface area contributed by atoms with Crippen LogP contribution in [0.4, 0.5) is 0 Å². The minimum absolute atomic E-state index is 0.0871. The minimum Gasteiger partial charge on any atom is -0.496 e. The topological polar surface area (TPSA) is 94.1 Å². The molecular weight excluding hydrogens is 505 g/mol. The standard InChI is InChI=1S/C27H31Cl2NO6/c1-4-20(25(28)29)26(31)30-21(27(32)33)11-16-7-9-19(10-8-16)24-22(34-2)12-18(13-23(24)35-3)15-36-14-17-5-6-17/h7-10,12-13,17,21H,4-6,11,14-15H2,1-3H3,(H,30,31)(H,32,33)/t21-/m0/s1. The van der Waals surface area contributed by atoms with Crippen molar-refractivity contribution in [3.8, 4) is 22.6 Å². The van der Waals surface area contributed by atoms with E-state index < -0.39 is 17.9 Å². The lowest BCUT2D eigenvalue weighted by molar-refractivity contribution is -0.141. The summed E-state index contributed by atoms with van der Waals surface area (Å²) in [6.45, 7) is 2.96. The van der Waals surface area contributed by atoms with Crippen molar-refractivity contribution < 1.29 is 28.9 Å². The number of nitrogens with one attached hydrogen (secondary N) is 1. The quantitative estimate of drug-likeness (QED) is 0.328. The first-order valence-corrected chi connectivity index (χ1v) is 12.5. The van der Waals surface area contributed by atoms with E-state index in [-0.39, 0.29) is 22.9 Å². The smallest absolute Gasteiger partial charge is 0.326 e. The van der Waals surface area contributed by atoms with Crippen molar-refractivity contribution in [3.63, 3.8) is 0 Å². The normalized spacial score (nSPS) is 13.6. The summed E-state index contributed by atoms with van der Waals surface area (Å²) in [5, 5.41) is 12.1. The van der Waals surface area contributed by atoms with Gasteiger partial charge in [-0.2, -0.15) is 0 Å². The van der Waals surface area contributed by atoms with E-state index in [4.69, 9.17) is 37.4 Å². The van der Waals surface area contributed by atoms with Gasteiger partial charge in [-0.15, -0.1) is 0 Å². The molecule has 36 heavy (non-hydrogen) atoms. The van der Waals surface area contributed by atoms with Crippen LogP contribution in [0.3, 0.4) is 0 Å². The van der Waals surface area contributed by atoms with Crippen molar-refractivity contribution in [3.05, 3.63) is 57.6 Å². The minimum atomic E-state index is -1.16. The van der Waals surface area contributed by atoms with Gasteiger partial charge >= 0.3 is 5.97 Å². The van der Waals surface area contributed by atoms with Gasteiger partial charge in [-0.25, -0.2) is 4.79 Å². The largest absolute Gasteiger partial charge is 0.496 e. The molecule has 2 N–H and O–H groups in total. The number of carbonyl (C=O) groups excluding carboxylic acids is 1. The Bertz CT molecular complexity index is 1080. The summed E-state index contributed by atoms with van der Waals surface area (Å²) in [5.41, 5.74) is 3.46. The Hall–Kier alpha value is -2.74. The number of aliphatic carboxylic acids is 1. The van der Waals surface area contributed by atoms with Crippen LogP contribution in [0.2, 0.25) is 0 Å². The van der Waals surface area contributed by atoms with E-state index in [2.05, 4.69) is 5.32 Å². The fourth-order valence-corrected chi connectivity index (χ4v) is 4.27. The molecule has 1 saturated carbocycles. The number of rotatable bonds is 13. The summed E-state index contributed by atoms with van der Waals surface area (Å²) < 4.78 is 17.0. The van der Waals surface area contributed by atoms with E-state index >= 15 is 0 Å².